The molecule has 104 valence electrons. The largest absolute Gasteiger partial charge is 0.507 e. The molecule has 0 aliphatic heterocycles. The fourth-order valence-electron chi connectivity index (χ4n) is 2.23. The molecule has 0 aliphatic rings. The summed E-state index contributed by atoms with van der Waals surface area (Å²) >= 11 is 0. The standard InChI is InChI=1S/C17H14N2O2/c1-11-7-8-15(20)13(10-11)17(21)19-14-6-2-4-12-5-3-9-18-16(12)14/h2-10,20H,1H3,(H,19,21). The van der Waals surface area contributed by atoms with Crippen molar-refractivity contribution < 1.29 is 9.90 Å². The first kappa shape index (κ1) is 13.1. The minimum absolute atomic E-state index is 0.0358. The zero-order valence-electron chi connectivity index (χ0n) is 11.5. The Labute approximate surface area is 122 Å². The zero-order valence-corrected chi connectivity index (χ0v) is 11.5. The second-order valence-electron chi connectivity index (χ2n) is 4.86. The van der Waals surface area contributed by atoms with E-state index in [0.29, 0.717) is 5.69 Å². The molecule has 0 aliphatic carbocycles. The summed E-state index contributed by atoms with van der Waals surface area (Å²) < 4.78 is 0. The van der Waals surface area contributed by atoms with Crippen LogP contribution in [0.2, 0.25) is 0 Å². The van der Waals surface area contributed by atoms with Gasteiger partial charge in [0.1, 0.15) is 5.75 Å². The molecule has 0 atom stereocenters. The molecule has 3 aromatic rings. The number of nitrogens with one attached hydrogen (secondary N) is 1. The Morgan fingerprint density at radius 2 is 1.95 bits per heavy atom. The first-order chi connectivity index (χ1) is 10.1. The second-order valence-corrected chi connectivity index (χ2v) is 4.86. The number of carbonyl (C=O) groups excluding carboxylic acids is 1. The summed E-state index contributed by atoms with van der Waals surface area (Å²) in [4.78, 5) is 16.6. The number of aromatic hydroxyl groups is 1. The number of hydrogen-bond donors (Lipinski definition) is 2. The number of para-hydroxylation sites is 1. The number of aryl methyl sites for hydroxylation is 1. The van der Waals surface area contributed by atoms with Crippen LogP contribution in [0.1, 0.15) is 15.9 Å². The Morgan fingerprint density at radius 3 is 2.81 bits per heavy atom. The number of amides is 1. The van der Waals surface area contributed by atoms with Crippen molar-refractivity contribution in [3.8, 4) is 5.75 Å². The highest BCUT2D eigenvalue weighted by molar-refractivity contribution is 6.09. The van der Waals surface area contributed by atoms with Gasteiger partial charge in [-0.15, -0.1) is 0 Å². The number of carbonyl (C=O) groups is 1. The van der Waals surface area contributed by atoms with Gasteiger partial charge in [-0.05, 0) is 31.2 Å². The van der Waals surface area contributed by atoms with E-state index in [1.165, 1.54) is 6.07 Å². The Bertz CT molecular complexity index is 823. The number of phenols is 1. The quantitative estimate of drug-likeness (QED) is 0.754. The first-order valence-electron chi connectivity index (χ1n) is 6.60. The van der Waals surface area contributed by atoms with Gasteiger partial charge in [-0.1, -0.05) is 29.8 Å². The third-order valence-corrected chi connectivity index (χ3v) is 3.28. The topological polar surface area (TPSA) is 62.2 Å². The van der Waals surface area contributed by atoms with E-state index in [9.17, 15) is 9.90 Å². The van der Waals surface area contributed by atoms with Crippen LogP contribution in [0.4, 0.5) is 5.69 Å². The van der Waals surface area contributed by atoms with Crippen LogP contribution in [0.3, 0.4) is 0 Å². The Balaban J connectivity index is 1.99. The summed E-state index contributed by atoms with van der Waals surface area (Å²) in [7, 11) is 0. The van der Waals surface area contributed by atoms with E-state index in [1.54, 1.807) is 24.4 Å². The molecule has 4 heteroatoms. The molecule has 2 aromatic carbocycles. The maximum Gasteiger partial charge on any atom is 0.259 e. The average molecular weight is 278 g/mol. The molecule has 2 N–H and O–H groups in total. The Hall–Kier alpha value is -2.88. The van der Waals surface area contributed by atoms with Crippen LogP contribution in [0.25, 0.3) is 10.9 Å². The van der Waals surface area contributed by atoms with Gasteiger partial charge in [0, 0.05) is 11.6 Å². The van der Waals surface area contributed by atoms with Crippen molar-refractivity contribution in [1.29, 1.82) is 0 Å². The van der Waals surface area contributed by atoms with Crippen molar-refractivity contribution in [2.24, 2.45) is 0 Å². The molecule has 0 fully saturated rings. The van der Waals surface area contributed by atoms with Crippen molar-refractivity contribution >= 4 is 22.5 Å². The second kappa shape index (κ2) is 5.25. The van der Waals surface area contributed by atoms with Crippen LogP contribution in [-0.4, -0.2) is 16.0 Å². The normalized spacial score (nSPS) is 10.5. The van der Waals surface area contributed by atoms with Gasteiger partial charge in [-0.3, -0.25) is 9.78 Å². The molecule has 0 saturated carbocycles. The van der Waals surface area contributed by atoms with E-state index in [2.05, 4.69) is 10.3 Å². The molecular weight excluding hydrogens is 264 g/mol. The van der Waals surface area contributed by atoms with Crippen molar-refractivity contribution in [2.45, 2.75) is 6.92 Å². The SMILES string of the molecule is Cc1ccc(O)c(C(=O)Nc2cccc3cccnc23)c1. The number of fused-ring (bicyclic) bond motifs is 1. The fourth-order valence-corrected chi connectivity index (χ4v) is 2.23. The van der Waals surface area contributed by atoms with Crippen LogP contribution >= 0.6 is 0 Å². The molecule has 21 heavy (non-hydrogen) atoms. The summed E-state index contributed by atoms with van der Waals surface area (Å²) in [5.41, 5.74) is 2.51. The lowest BCUT2D eigenvalue weighted by Gasteiger charge is -2.09. The van der Waals surface area contributed by atoms with Gasteiger partial charge < -0.3 is 10.4 Å². The molecule has 3 rings (SSSR count). The highest BCUT2D eigenvalue weighted by Gasteiger charge is 2.13. The van der Waals surface area contributed by atoms with Crippen LogP contribution in [0.15, 0.2) is 54.7 Å². The maximum atomic E-state index is 12.3. The number of pyridine rings is 1. The molecule has 4 nitrogen and oxygen atoms in total. The molecule has 0 bridgehead atoms. The predicted molar refractivity (Wildman–Crippen MR) is 82.5 cm³/mol. The average Bonchev–Trinajstić information content (AvgIpc) is 2.50. The summed E-state index contributed by atoms with van der Waals surface area (Å²) in [5.74, 6) is -0.388. The van der Waals surface area contributed by atoms with E-state index in [1.807, 2.05) is 31.2 Å². The highest BCUT2D eigenvalue weighted by Crippen LogP contribution is 2.23. The lowest BCUT2D eigenvalue weighted by atomic mass is 10.1. The third-order valence-electron chi connectivity index (χ3n) is 3.28. The van der Waals surface area contributed by atoms with Crippen LogP contribution in [0.5, 0.6) is 5.75 Å². The summed E-state index contributed by atoms with van der Waals surface area (Å²) in [6, 6.07) is 14.3. The third kappa shape index (κ3) is 2.56. The van der Waals surface area contributed by atoms with Gasteiger partial charge in [-0.25, -0.2) is 0 Å². The molecule has 0 radical (unpaired) electrons. The first-order valence-corrected chi connectivity index (χ1v) is 6.60. The number of rotatable bonds is 2. The molecular formula is C17H14N2O2. The Kier molecular flexibility index (Phi) is 3.28. The maximum absolute atomic E-state index is 12.3. The number of phenolic OH excluding ortho intramolecular Hbond substituents is 1. The van der Waals surface area contributed by atoms with Gasteiger partial charge in [0.2, 0.25) is 0 Å². The fraction of sp³-hybridized carbons (Fsp3) is 0.0588. The van der Waals surface area contributed by atoms with E-state index < -0.39 is 0 Å². The zero-order chi connectivity index (χ0) is 14.8. The summed E-state index contributed by atoms with van der Waals surface area (Å²) in [6.45, 7) is 1.87. The minimum atomic E-state index is -0.352. The summed E-state index contributed by atoms with van der Waals surface area (Å²) in [6.07, 6.45) is 1.68. The van der Waals surface area contributed by atoms with Crippen molar-refractivity contribution in [1.82, 2.24) is 4.98 Å². The molecule has 1 heterocycles. The molecule has 0 spiro atoms. The highest BCUT2D eigenvalue weighted by atomic mass is 16.3. The van der Waals surface area contributed by atoms with Gasteiger partial charge in [-0.2, -0.15) is 0 Å². The molecule has 0 unspecified atom stereocenters. The number of aromatic nitrogens is 1. The monoisotopic (exact) mass is 278 g/mol. The minimum Gasteiger partial charge on any atom is -0.507 e. The molecule has 1 aromatic heterocycles. The van der Waals surface area contributed by atoms with Crippen LogP contribution in [-0.2, 0) is 0 Å². The Morgan fingerprint density at radius 1 is 1.14 bits per heavy atom. The van der Waals surface area contributed by atoms with Gasteiger partial charge in [0.15, 0.2) is 0 Å². The van der Waals surface area contributed by atoms with E-state index in [4.69, 9.17) is 0 Å². The van der Waals surface area contributed by atoms with Gasteiger partial charge in [0.25, 0.3) is 5.91 Å². The lowest BCUT2D eigenvalue weighted by Crippen LogP contribution is -2.12. The smallest absolute Gasteiger partial charge is 0.259 e. The number of anilines is 1. The number of benzene rings is 2. The lowest BCUT2D eigenvalue weighted by molar-refractivity contribution is 0.102. The van der Waals surface area contributed by atoms with Crippen molar-refractivity contribution in [3.63, 3.8) is 0 Å². The number of nitrogens with zero attached hydrogens (tertiary/aromatic N) is 1. The van der Waals surface area contributed by atoms with E-state index in [0.717, 1.165) is 16.5 Å². The van der Waals surface area contributed by atoms with Gasteiger partial charge >= 0.3 is 0 Å². The van der Waals surface area contributed by atoms with Gasteiger partial charge in [0.05, 0.1) is 16.8 Å². The van der Waals surface area contributed by atoms with Crippen LogP contribution < -0.4 is 5.32 Å². The molecule has 1 amide bonds. The van der Waals surface area contributed by atoms with E-state index >= 15 is 0 Å². The van der Waals surface area contributed by atoms with Crippen molar-refractivity contribution in [2.75, 3.05) is 5.32 Å². The molecule has 0 saturated heterocycles. The van der Waals surface area contributed by atoms with Crippen molar-refractivity contribution in [3.05, 3.63) is 65.9 Å². The number of hydrogen-bond acceptors (Lipinski definition) is 3. The summed E-state index contributed by atoms with van der Waals surface area (Å²) in [5, 5.41) is 13.6. The predicted octanol–water partition coefficient (Wildman–Crippen LogP) is 3.50. The van der Waals surface area contributed by atoms with E-state index in [-0.39, 0.29) is 17.2 Å². The van der Waals surface area contributed by atoms with Crippen LogP contribution in [0, 0.1) is 6.92 Å².